The summed E-state index contributed by atoms with van der Waals surface area (Å²) in [6, 6.07) is 3.43. The molecule has 1 aliphatic heterocycles. The molecule has 0 spiro atoms. The van der Waals surface area contributed by atoms with Gasteiger partial charge in [-0.25, -0.2) is 0 Å². The molecule has 0 radical (unpaired) electrons. The maximum atomic E-state index is 6.14. The van der Waals surface area contributed by atoms with E-state index in [4.69, 9.17) is 34.8 Å². The third-order valence-corrected chi connectivity index (χ3v) is 4.11. The van der Waals surface area contributed by atoms with Gasteiger partial charge in [0.1, 0.15) is 0 Å². The second-order valence-corrected chi connectivity index (χ2v) is 6.15. The number of hydrogen-bond donors (Lipinski definition) is 1. The lowest BCUT2D eigenvalue weighted by Gasteiger charge is -2.30. The van der Waals surface area contributed by atoms with Gasteiger partial charge in [0.25, 0.3) is 0 Å². The van der Waals surface area contributed by atoms with Gasteiger partial charge in [0.2, 0.25) is 0 Å². The summed E-state index contributed by atoms with van der Waals surface area (Å²) in [6.07, 6.45) is 2.51. The summed E-state index contributed by atoms with van der Waals surface area (Å²) in [5.41, 5.74) is 0.788. The number of nitrogens with zero attached hydrogens (tertiary/aromatic N) is 1. The Morgan fingerprint density at radius 1 is 1.28 bits per heavy atom. The predicted molar refractivity (Wildman–Crippen MR) is 80.2 cm³/mol. The van der Waals surface area contributed by atoms with Crippen LogP contribution in [-0.2, 0) is 0 Å². The van der Waals surface area contributed by atoms with Crippen molar-refractivity contribution >= 4 is 40.5 Å². The quantitative estimate of drug-likeness (QED) is 0.890. The Morgan fingerprint density at radius 2 is 1.94 bits per heavy atom. The first kappa shape index (κ1) is 14.3. The van der Waals surface area contributed by atoms with Gasteiger partial charge in [-0.3, -0.25) is 0 Å². The van der Waals surface area contributed by atoms with Gasteiger partial charge < -0.3 is 10.2 Å². The summed E-state index contributed by atoms with van der Waals surface area (Å²) in [5, 5.41) is 5.07. The number of hydrogen-bond acceptors (Lipinski definition) is 2. The highest BCUT2D eigenvalue weighted by Crippen LogP contribution is 2.34. The van der Waals surface area contributed by atoms with E-state index in [1.165, 1.54) is 19.4 Å². The van der Waals surface area contributed by atoms with Crippen LogP contribution >= 0.6 is 34.8 Å². The Hall–Kier alpha value is -0.150. The lowest BCUT2D eigenvalue weighted by Crippen LogP contribution is -2.35. The van der Waals surface area contributed by atoms with E-state index in [2.05, 4.69) is 17.3 Å². The molecule has 1 atom stereocenters. The van der Waals surface area contributed by atoms with E-state index in [0.717, 1.165) is 18.8 Å². The Balaban J connectivity index is 1.97. The highest BCUT2D eigenvalue weighted by Gasteiger charge is 2.17. The zero-order valence-corrected chi connectivity index (χ0v) is 12.6. The first-order valence-electron chi connectivity index (χ1n) is 6.13. The average molecular weight is 308 g/mol. The minimum absolute atomic E-state index is 0.563. The largest absolute Gasteiger partial charge is 0.382 e. The van der Waals surface area contributed by atoms with Crippen LogP contribution in [0.25, 0.3) is 0 Å². The third kappa shape index (κ3) is 3.67. The maximum Gasteiger partial charge on any atom is 0.0720 e. The van der Waals surface area contributed by atoms with Crippen LogP contribution in [0.3, 0.4) is 0 Å². The van der Waals surface area contributed by atoms with Gasteiger partial charge in [0.05, 0.1) is 15.7 Å². The maximum absolute atomic E-state index is 6.14. The SMILES string of the molecule is CN1CCCC(CNc2c(Cl)cc(Cl)cc2Cl)C1. The summed E-state index contributed by atoms with van der Waals surface area (Å²) in [7, 11) is 2.16. The van der Waals surface area contributed by atoms with Gasteiger partial charge in [-0.1, -0.05) is 34.8 Å². The molecule has 100 valence electrons. The zero-order chi connectivity index (χ0) is 13.1. The molecular weight excluding hydrogens is 291 g/mol. The first-order chi connectivity index (χ1) is 8.56. The van der Waals surface area contributed by atoms with Crippen molar-refractivity contribution in [1.29, 1.82) is 0 Å². The van der Waals surface area contributed by atoms with Crippen LogP contribution in [0.15, 0.2) is 12.1 Å². The summed E-state index contributed by atoms with van der Waals surface area (Å²) in [4.78, 5) is 2.36. The number of anilines is 1. The Kier molecular flexibility index (Phi) is 5.02. The number of rotatable bonds is 3. The summed E-state index contributed by atoms with van der Waals surface area (Å²) in [6.45, 7) is 3.21. The molecule has 18 heavy (non-hydrogen) atoms. The molecular formula is C13H17Cl3N2. The number of likely N-dealkylation sites (tertiary alicyclic amines) is 1. The van der Waals surface area contributed by atoms with Gasteiger partial charge in [-0.15, -0.1) is 0 Å². The van der Waals surface area contributed by atoms with Crippen LogP contribution < -0.4 is 5.32 Å². The van der Waals surface area contributed by atoms with Crippen molar-refractivity contribution in [3.05, 3.63) is 27.2 Å². The molecule has 0 saturated carbocycles. The van der Waals surface area contributed by atoms with Crippen LogP contribution in [0.5, 0.6) is 0 Å². The molecule has 1 saturated heterocycles. The smallest absolute Gasteiger partial charge is 0.0720 e. The fourth-order valence-corrected chi connectivity index (χ4v) is 3.35. The number of halogens is 3. The standard InChI is InChI=1S/C13H17Cl3N2/c1-18-4-2-3-9(8-18)7-17-13-11(15)5-10(14)6-12(13)16/h5-6,9,17H,2-4,7-8H2,1H3. The van der Waals surface area contributed by atoms with Gasteiger partial charge in [-0.05, 0) is 44.5 Å². The highest BCUT2D eigenvalue weighted by atomic mass is 35.5. The second kappa shape index (κ2) is 6.33. The van der Waals surface area contributed by atoms with Crippen molar-refractivity contribution < 1.29 is 0 Å². The molecule has 1 N–H and O–H groups in total. The molecule has 1 aliphatic rings. The van der Waals surface area contributed by atoms with Crippen LogP contribution in [0.1, 0.15) is 12.8 Å². The van der Waals surface area contributed by atoms with E-state index in [0.29, 0.717) is 21.0 Å². The lowest BCUT2D eigenvalue weighted by atomic mass is 9.98. The summed E-state index contributed by atoms with van der Waals surface area (Å²) >= 11 is 18.2. The highest BCUT2D eigenvalue weighted by molar-refractivity contribution is 6.41. The lowest BCUT2D eigenvalue weighted by molar-refractivity contribution is 0.217. The van der Waals surface area contributed by atoms with E-state index in [1.807, 2.05) is 0 Å². The zero-order valence-electron chi connectivity index (χ0n) is 10.3. The molecule has 0 amide bonds. The van der Waals surface area contributed by atoms with Crippen molar-refractivity contribution in [2.75, 3.05) is 32.0 Å². The molecule has 1 aromatic rings. The van der Waals surface area contributed by atoms with Crippen molar-refractivity contribution in [2.24, 2.45) is 5.92 Å². The van der Waals surface area contributed by atoms with E-state index in [9.17, 15) is 0 Å². The van der Waals surface area contributed by atoms with Gasteiger partial charge in [-0.2, -0.15) is 0 Å². The first-order valence-corrected chi connectivity index (χ1v) is 7.26. The molecule has 2 nitrogen and oxygen atoms in total. The van der Waals surface area contributed by atoms with Crippen LogP contribution in [0.2, 0.25) is 15.1 Å². The average Bonchev–Trinajstić information content (AvgIpc) is 2.27. The van der Waals surface area contributed by atoms with E-state index >= 15 is 0 Å². The van der Waals surface area contributed by atoms with Crippen molar-refractivity contribution in [3.8, 4) is 0 Å². The molecule has 1 aromatic carbocycles. The number of nitrogens with one attached hydrogen (secondary N) is 1. The summed E-state index contributed by atoms with van der Waals surface area (Å²) in [5.74, 6) is 0.645. The monoisotopic (exact) mass is 306 g/mol. The molecule has 2 rings (SSSR count). The fraction of sp³-hybridized carbons (Fsp3) is 0.538. The normalized spacial score (nSPS) is 21.0. The topological polar surface area (TPSA) is 15.3 Å². The van der Waals surface area contributed by atoms with Crippen molar-refractivity contribution in [1.82, 2.24) is 4.90 Å². The molecule has 0 aromatic heterocycles. The minimum Gasteiger partial charge on any atom is -0.382 e. The van der Waals surface area contributed by atoms with Gasteiger partial charge in [0, 0.05) is 18.1 Å². The van der Waals surface area contributed by atoms with Crippen LogP contribution in [-0.4, -0.2) is 31.6 Å². The van der Waals surface area contributed by atoms with Gasteiger partial charge in [0.15, 0.2) is 0 Å². The number of benzene rings is 1. The molecule has 1 unspecified atom stereocenters. The Bertz CT molecular complexity index is 400. The van der Waals surface area contributed by atoms with E-state index in [-0.39, 0.29) is 0 Å². The van der Waals surface area contributed by atoms with E-state index in [1.54, 1.807) is 12.1 Å². The predicted octanol–water partition coefficient (Wildman–Crippen LogP) is 4.40. The molecule has 0 aliphatic carbocycles. The van der Waals surface area contributed by atoms with Gasteiger partial charge >= 0.3 is 0 Å². The molecule has 1 heterocycles. The van der Waals surface area contributed by atoms with Crippen molar-refractivity contribution in [3.63, 3.8) is 0 Å². The second-order valence-electron chi connectivity index (χ2n) is 4.90. The van der Waals surface area contributed by atoms with E-state index < -0.39 is 0 Å². The molecule has 0 bridgehead atoms. The minimum atomic E-state index is 0.563. The Morgan fingerprint density at radius 3 is 2.56 bits per heavy atom. The fourth-order valence-electron chi connectivity index (χ4n) is 2.40. The molecule has 5 heteroatoms. The van der Waals surface area contributed by atoms with Crippen LogP contribution in [0.4, 0.5) is 5.69 Å². The molecule has 1 fully saturated rings. The summed E-state index contributed by atoms with van der Waals surface area (Å²) < 4.78 is 0. The van der Waals surface area contributed by atoms with Crippen LogP contribution in [0, 0.1) is 5.92 Å². The van der Waals surface area contributed by atoms with Crippen molar-refractivity contribution in [2.45, 2.75) is 12.8 Å². The number of piperidine rings is 1. The Labute approximate surface area is 123 Å². The third-order valence-electron chi connectivity index (χ3n) is 3.30.